The summed E-state index contributed by atoms with van der Waals surface area (Å²) < 4.78 is 0. The molecule has 1 amide bonds. The summed E-state index contributed by atoms with van der Waals surface area (Å²) in [5.41, 5.74) is 1.35. The van der Waals surface area contributed by atoms with E-state index in [1.54, 1.807) is 13.8 Å². The molecule has 1 aromatic heterocycles. The lowest BCUT2D eigenvalue weighted by molar-refractivity contribution is 0.0696. The van der Waals surface area contributed by atoms with Crippen LogP contribution in [0.1, 0.15) is 32.4 Å². The number of aromatic carboxylic acids is 1. The fourth-order valence-electron chi connectivity index (χ4n) is 1.56. The molecule has 0 bridgehead atoms. The Morgan fingerprint density at radius 1 is 1.32 bits per heavy atom. The number of hydrogen-bond acceptors (Lipinski definition) is 4. The molecule has 2 aromatic rings. The van der Waals surface area contributed by atoms with Crippen molar-refractivity contribution in [3.8, 4) is 0 Å². The molecule has 7 heteroatoms. The lowest BCUT2D eigenvalue weighted by Gasteiger charge is -2.07. The van der Waals surface area contributed by atoms with Crippen LogP contribution in [0.4, 0.5) is 5.69 Å². The number of aromatic amines is 1. The number of nitrogens with one attached hydrogen (secondary N) is 2. The molecule has 3 N–H and O–H groups in total. The van der Waals surface area contributed by atoms with Crippen LogP contribution in [0.25, 0.3) is 0 Å². The lowest BCUT2D eigenvalue weighted by atomic mass is 10.1. The topological polar surface area (TPSA) is 108 Å². The first kappa shape index (κ1) is 12.7. The second kappa shape index (κ2) is 4.89. The highest BCUT2D eigenvalue weighted by Gasteiger charge is 2.13. The van der Waals surface area contributed by atoms with Crippen LogP contribution >= 0.6 is 0 Å². The zero-order valence-electron chi connectivity index (χ0n) is 10.4. The number of carboxylic acids is 1. The fourth-order valence-corrected chi connectivity index (χ4v) is 1.56. The quantitative estimate of drug-likeness (QED) is 0.772. The molecule has 0 fully saturated rings. The molecule has 1 aromatic carbocycles. The van der Waals surface area contributed by atoms with Crippen molar-refractivity contribution >= 4 is 17.6 Å². The first-order chi connectivity index (χ1) is 8.97. The summed E-state index contributed by atoms with van der Waals surface area (Å²) in [6.07, 6.45) is 0. The van der Waals surface area contributed by atoms with E-state index in [0.717, 1.165) is 0 Å². The maximum Gasteiger partial charge on any atom is 0.335 e. The van der Waals surface area contributed by atoms with Crippen molar-refractivity contribution in [3.63, 3.8) is 0 Å². The van der Waals surface area contributed by atoms with E-state index >= 15 is 0 Å². The Morgan fingerprint density at radius 2 is 2.05 bits per heavy atom. The number of carbonyl (C=O) groups excluding carboxylic acids is 1. The van der Waals surface area contributed by atoms with Crippen LogP contribution in [-0.4, -0.2) is 32.2 Å². The summed E-state index contributed by atoms with van der Waals surface area (Å²) in [6, 6.07) is 4.45. The van der Waals surface area contributed by atoms with Gasteiger partial charge in [0.2, 0.25) is 5.82 Å². The van der Waals surface area contributed by atoms with Gasteiger partial charge in [-0.05, 0) is 37.6 Å². The molecule has 0 spiro atoms. The van der Waals surface area contributed by atoms with Gasteiger partial charge in [-0.25, -0.2) is 9.78 Å². The summed E-state index contributed by atoms with van der Waals surface area (Å²) in [7, 11) is 0. The molecule has 0 aliphatic rings. The van der Waals surface area contributed by atoms with Gasteiger partial charge in [-0.1, -0.05) is 0 Å². The van der Waals surface area contributed by atoms with E-state index in [0.29, 0.717) is 17.1 Å². The SMILES string of the molecule is Cc1nc(C(=O)Nc2ccc(C(=O)O)cc2C)n[nH]1. The molecule has 0 aliphatic heterocycles. The molecule has 98 valence electrons. The Labute approximate surface area is 108 Å². The van der Waals surface area contributed by atoms with Crippen LogP contribution in [-0.2, 0) is 0 Å². The van der Waals surface area contributed by atoms with Crippen molar-refractivity contribution in [3.05, 3.63) is 41.0 Å². The second-order valence-corrected chi connectivity index (χ2v) is 4.03. The highest BCUT2D eigenvalue weighted by atomic mass is 16.4. The van der Waals surface area contributed by atoms with Gasteiger partial charge in [0, 0.05) is 5.69 Å². The molecule has 0 radical (unpaired) electrons. The van der Waals surface area contributed by atoms with Crippen LogP contribution < -0.4 is 5.32 Å². The number of carboxylic acid groups (broad SMARTS) is 1. The van der Waals surface area contributed by atoms with Gasteiger partial charge in [-0.2, -0.15) is 0 Å². The molecule has 2 rings (SSSR count). The van der Waals surface area contributed by atoms with E-state index < -0.39 is 11.9 Å². The van der Waals surface area contributed by atoms with Gasteiger partial charge in [0.1, 0.15) is 5.82 Å². The first-order valence-electron chi connectivity index (χ1n) is 5.51. The van der Waals surface area contributed by atoms with Crippen molar-refractivity contribution in [2.24, 2.45) is 0 Å². The molecular formula is C12H12N4O3. The zero-order chi connectivity index (χ0) is 14.0. The average molecular weight is 260 g/mol. The summed E-state index contributed by atoms with van der Waals surface area (Å²) in [5.74, 6) is -0.872. The van der Waals surface area contributed by atoms with Crippen LogP contribution in [0.15, 0.2) is 18.2 Å². The summed E-state index contributed by atoms with van der Waals surface area (Å²) >= 11 is 0. The highest BCUT2D eigenvalue weighted by Crippen LogP contribution is 2.17. The van der Waals surface area contributed by atoms with E-state index in [1.807, 2.05) is 0 Å². The molecule has 1 heterocycles. The predicted octanol–water partition coefficient (Wildman–Crippen LogP) is 1.37. The van der Waals surface area contributed by atoms with Crippen LogP contribution in [0, 0.1) is 13.8 Å². The second-order valence-electron chi connectivity index (χ2n) is 4.03. The van der Waals surface area contributed by atoms with E-state index in [2.05, 4.69) is 20.5 Å². The Bertz CT molecular complexity index is 648. The average Bonchev–Trinajstić information content (AvgIpc) is 2.78. The van der Waals surface area contributed by atoms with E-state index in [4.69, 9.17) is 5.11 Å². The minimum absolute atomic E-state index is 0.0409. The summed E-state index contributed by atoms with van der Waals surface area (Å²) in [5, 5.41) is 17.8. The molecule has 7 nitrogen and oxygen atoms in total. The molecule has 0 aliphatic carbocycles. The minimum Gasteiger partial charge on any atom is -0.478 e. The van der Waals surface area contributed by atoms with Crippen LogP contribution in [0.3, 0.4) is 0 Å². The third-order valence-electron chi connectivity index (χ3n) is 2.52. The van der Waals surface area contributed by atoms with E-state index in [9.17, 15) is 9.59 Å². The summed E-state index contributed by atoms with van der Waals surface area (Å²) in [4.78, 5) is 26.5. The van der Waals surface area contributed by atoms with Crippen molar-refractivity contribution in [2.75, 3.05) is 5.32 Å². The third-order valence-corrected chi connectivity index (χ3v) is 2.52. The zero-order valence-corrected chi connectivity index (χ0v) is 10.4. The number of rotatable bonds is 3. The number of anilines is 1. The van der Waals surface area contributed by atoms with Crippen molar-refractivity contribution in [1.82, 2.24) is 15.2 Å². The standard InChI is InChI=1S/C12H12N4O3/c1-6-5-8(12(18)19)3-4-9(6)14-11(17)10-13-7(2)15-16-10/h3-5H,1-2H3,(H,14,17)(H,18,19)(H,13,15,16). The lowest BCUT2D eigenvalue weighted by Crippen LogP contribution is -2.15. The minimum atomic E-state index is -1.01. The molecule has 19 heavy (non-hydrogen) atoms. The molecule has 0 atom stereocenters. The predicted molar refractivity (Wildman–Crippen MR) is 67.2 cm³/mol. The number of nitrogens with zero attached hydrogens (tertiary/aromatic N) is 2. The number of aromatic nitrogens is 3. The normalized spacial score (nSPS) is 10.2. The van der Waals surface area contributed by atoms with Crippen molar-refractivity contribution < 1.29 is 14.7 Å². The first-order valence-corrected chi connectivity index (χ1v) is 5.51. The van der Waals surface area contributed by atoms with Gasteiger partial charge in [-0.15, -0.1) is 5.10 Å². The number of amides is 1. The number of hydrogen-bond donors (Lipinski definition) is 3. The Balaban J connectivity index is 2.20. The molecule has 0 saturated heterocycles. The molecular weight excluding hydrogens is 248 g/mol. The van der Waals surface area contributed by atoms with Crippen molar-refractivity contribution in [1.29, 1.82) is 0 Å². The van der Waals surface area contributed by atoms with Gasteiger partial charge >= 0.3 is 5.97 Å². The van der Waals surface area contributed by atoms with Gasteiger partial charge < -0.3 is 10.4 Å². The fraction of sp³-hybridized carbons (Fsp3) is 0.167. The van der Waals surface area contributed by atoms with E-state index in [-0.39, 0.29) is 11.4 Å². The maximum atomic E-state index is 11.8. The number of H-pyrrole nitrogens is 1. The maximum absolute atomic E-state index is 11.8. The van der Waals surface area contributed by atoms with Gasteiger partial charge in [-0.3, -0.25) is 9.89 Å². The largest absolute Gasteiger partial charge is 0.478 e. The Morgan fingerprint density at radius 3 is 2.58 bits per heavy atom. The highest BCUT2D eigenvalue weighted by molar-refractivity contribution is 6.02. The van der Waals surface area contributed by atoms with Crippen LogP contribution in [0.2, 0.25) is 0 Å². The Hall–Kier alpha value is -2.70. The van der Waals surface area contributed by atoms with Gasteiger partial charge in [0.05, 0.1) is 5.56 Å². The number of aryl methyl sites for hydroxylation is 2. The van der Waals surface area contributed by atoms with E-state index in [1.165, 1.54) is 18.2 Å². The smallest absolute Gasteiger partial charge is 0.335 e. The number of benzene rings is 1. The monoisotopic (exact) mass is 260 g/mol. The van der Waals surface area contributed by atoms with Gasteiger partial charge in [0.15, 0.2) is 0 Å². The molecule has 0 saturated carbocycles. The third kappa shape index (κ3) is 2.76. The van der Waals surface area contributed by atoms with Crippen molar-refractivity contribution in [2.45, 2.75) is 13.8 Å². The Kier molecular flexibility index (Phi) is 3.28. The molecule has 0 unspecified atom stereocenters. The van der Waals surface area contributed by atoms with Gasteiger partial charge in [0.25, 0.3) is 5.91 Å². The summed E-state index contributed by atoms with van der Waals surface area (Å²) in [6.45, 7) is 3.40. The number of carbonyl (C=O) groups is 2. The van der Waals surface area contributed by atoms with Crippen LogP contribution in [0.5, 0.6) is 0 Å².